The van der Waals surface area contributed by atoms with Crippen molar-refractivity contribution in [2.75, 3.05) is 6.54 Å². The number of piperidine rings is 1. The summed E-state index contributed by atoms with van der Waals surface area (Å²) in [6.07, 6.45) is 3.13. The first-order chi connectivity index (χ1) is 9.81. The molecule has 2 amide bonds. The molecule has 21 heavy (non-hydrogen) atoms. The van der Waals surface area contributed by atoms with E-state index in [1.54, 1.807) is 18.1 Å². The number of nitrogens with zero attached hydrogens (tertiary/aromatic N) is 4. The van der Waals surface area contributed by atoms with Crippen molar-refractivity contribution in [2.45, 2.75) is 39.3 Å². The molecule has 1 unspecified atom stereocenters. The lowest BCUT2D eigenvalue weighted by molar-refractivity contribution is -0.148. The maximum atomic E-state index is 12.3. The van der Waals surface area contributed by atoms with Crippen molar-refractivity contribution in [1.82, 2.24) is 25.0 Å². The third-order valence-corrected chi connectivity index (χ3v) is 3.81. The first-order valence-corrected chi connectivity index (χ1v) is 6.93. The minimum Gasteiger partial charge on any atom is -0.480 e. The zero-order chi connectivity index (χ0) is 15.6. The van der Waals surface area contributed by atoms with Crippen molar-refractivity contribution < 1.29 is 14.7 Å². The van der Waals surface area contributed by atoms with Gasteiger partial charge >= 0.3 is 12.0 Å². The first-order valence-electron chi connectivity index (χ1n) is 6.93. The van der Waals surface area contributed by atoms with Gasteiger partial charge in [0.2, 0.25) is 0 Å². The number of carbonyl (C=O) groups excluding carboxylic acids is 1. The molecule has 0 aromatic carbocycles. The van der Waals surface area contributed by atoms with Gasteiger partial charge in [0.15, 0.2) is 5.82 Å². The molecule has 1 aromatic heterocycles. The summed E-state index contributed by atoms with van der Waals surface area (Å²) < 4.78 is 1.55. The van der Waals surface area contributed by atoms with E-state index in [2.05, 4.69) is 15.4 Å². The molecule has 2 N–H and O–H groups in total. The van der Waals surface area contributed by atoms with Crippen LogP contribution in [0.25, 0.3) is 0 Å². The van der Waals surface area contributed by atoms with Crippen LogP contribution in [0.4, 0.5) is 4.79 Å². The van der Waals surface area contributed by atoms with Crippen LogP contribution < -0.4 is 5.32 Å². The van der Waals surface area contributed by atoms with Gasteiger partial charge in [0.1, 0.15) is 12.4 Å². The number of rotatable bonds is 3. The number of aromatic nitrogens is 3. The van der Waals surface area contributed by atoms with Crippen molar-refractivity contribution in [3.8, 4) is 0 Å². The van der Waals surface area contributed by atoms with E-state index in [4.69, 9.17) is 0 Å². The molecule has 2 rings (SSSR count). The number of carbonyl (C=O) groups is 2. The van der Waals surface area contributed by atoms with Gasteiger partial charge in [0, 0.05) is 13.6 Å². The minimum absolute atomic E-state index is 0.183. The van der Waals surface area contributed by atoms with Crippen LogP contribution in [0.1, 0.15) is 32.5 Å². The van der Waals surface area contributed by atoms with Gasteiger partial charge in [-0.05, 0) is 18.3 Å². The Kier molecular flexibility index (Phi) is 4.15. The molecule has 0 spiro atoms. The summed E-state index contributed by atoms with van der Waals surface area (Å²) in [4.78, 5) is 29.2. The van der Waals surface area contributed by atoms with Crippen LogP contribution >= 0.6 is 0 Å². The lowest BCUT2D eigenvalue weighted by atomic mass is 9.76. The van der Waals surface area contributed by atoms with Crippen LogP contribution in [0.2, 0.25) is 0 Å². The smallest absolute Gasteiger partial charge is 0.327 e. The lowest BCUT2D eigenvalue weighted by Crippen LogP contribution is -2.58. The standard InChI is InChI=1S/C13H21N5O3/c1-13(2)5-4-6-18(10(13)11(19)20)12(21)14-7-9-15-8-17(3)16-9/h8,10H,4-7H2,1-3H3,(H,14,21)(H,19,20). The molecular formula is C13H21N5O3. The van der Waals surface area contributed by atoms with Gasteiger partial charge in [-0.2, -0.15) is 5.10 Å². The van der Waals surface area contributed by atoms with Crippen LogP contribution in [0.3, 0.4) is 0 Å². The molecule has 8 nitrogen and oxygen atoms in total. The Morgan fingerprint density at radius 2 is 2.24 bits per heavy atom. The molecular weight excluding hydrogens is 274 g/mol. The number of amides is 2. The summed E-state index contributed by atoms with van der Waals surface area (Å²) in [5.41, 5.74) is -0.440. The van der Waals surface area contributed by atoms with Gasteiger partial charge in [-0.3, -0.25) is 4.68 Å². The van der Waals surface area contributed by atoms with E-state index in [1.807, 2.05) is 13.8 Å². The number of carboxylic acids is 1. The molecule has 1 aliphatic rings. The number of aryl methyl sites for hydroxylation is 1. The second kappa shape index (κ2) is 5.71. The van der Waals surface area contributed by atoms with Crippen molar-refractivity contribution >= 4 is 12.0 Å². The number of urea groups is 1. The van der Waals surface area contributed by atoms with Crippen molar-refractivity contribution in [1.29, 1.82) is 0 Å². The third-order valence-electron chi connectivity index (χ3n) is 3.81. The van der Waals surface area contributed by atoms with Gasteiger partial charge in [-0.1, -0.05) is 13.8 Å². The van der Waals surface area contributed by atoms with E-state index >= 15 is 0 Å². The summed E-state index contributed by atoms with van der Waals surface area (Å²) in [6.45, 7) is 4.39. The summed E-state index contributed by atoms with van der Waals surface area (Å²) in [6, 6.07) is -1.20. The second-order valence-corrected chi connectivity index (χ2v) is 6.02. The number of carboxylic acid groups (broad SMARTS) is 1. The Hall–Kier alpha value is -2.12. The quantitative estimate of drug-likeness (QED) is 0.850. The monoisotopic (exact) mass is 295 g/mol. The Morgan fingerprint density at radius 3 is 2.81 bits per heavy atom. The van der Waals surface area contributed by atoms with Gasteiger partial charge in [-0.25, -0.2) is 14.6 Å². The molecule has 0 saturated carbocycles. The summed E-state index contributed by atoms with van der Waals surface area (Å²) in [7, 11) is 1.74. The topological polar surface area (TPSA) is 100 Å². The van der Waals surface area contributed by atoms with Crippen LogP contribution in [0.5, 0.6) is 0 Å². The number of nitrogens with one attached hydrogen (secondary N) is 1. The average molecular weight is 295 g/mol. The number of aliphatic carboxylic acids is 1. The van der Waals surface area contributed by atoms with E-state index in [0.29, 0.717) is 12.4 Å². The molecule has 1 fully saturated rings. The maximum Gasteiger partial charge on any atom is 0.327 e. The predicted molar refractivity (Wildman–Crippen MR) is 74.4 cm³/mol. The number of hydrogen-bond donors (Lipinski definition) is 2. The van der Waals surface area contributed by atoms with E-state index in [1.165, 1.54) is 4.90 Å². The van der Waals surface area contributed by atoms with E-state index < -0.39 is 17.4 Å². The van der Waals surface area contributed by atoms with E-state index in [9.17, 15) is 14.7 Å². The Labute approximate surface area is 123 Å². The average Bonchev–Trinajstić information content (AvgIpc) is 2.79. The highest BCUT2D eigenvalue weighted by molar-refractivity contribution is 5.83. The maximum absolute atomic E-state index is 12.3. The molecule has 0 radical (unpaired) electrons. The third kappa shape index (κ3) is 3.32. The Bertz CT molecular complexity index is 540. The predicted octanol–water partition coefficient (Wildman–Crippen LogP) is 0.600. The normalized spacial score (nSPS) is 21.1. The fourth-order valence-electron chi connectivity index (χ4n) is 2.80. The number of likely N-dealkylation sites (tertiary alicyclic amines) is 1. The van der Waals surface area contributed by atoms with Crippen LogP contribution in [0, 0.1) is 5.41 Å². The van der Waals surface area contributed by atoms with Crippen molar-refractivity contribution in [3.63, 3.8) is 0 Å². The van der Waals surface area contributed by atoms with Gasteiger partial charge in [-0.15, -0.1) is 0 Å². The zero-order valence-corrected chi connectivity index (χ0v) is 12.5. The highest BCUT2D eigenvalue weighted by Gasteiger charge is 2.44. The Morgan fingerprint density at radius 1 is 1.52 bits per heavy atom. The highest BCUT2D eigenvalue weighted by Crippen LogP contribution is 2.35. The van der Waals surface area contributed by atoms with Gasteiger partial charge < -0.3 is 15.3 Å². The number of hydrogen-bond acceptors (Lipinski definition) is 4. The molecule has 1 atom stereocenters. The molecule has 1 saturated heterocycles. The first kappa shape index (κ1) is 15.3. The SMILES string of the molecule is Cn1cnc(CNC(=O)N2CCCC(C)(C)C2C(=O)O)n1. The fourth-order valence-corrected chi connectivity index (χ4v) is 2.80. The molecule has 116 valence electrons. The molecule has 0 aliphatic carbocycles. The lowest BCUT2D eigenvalue weighted by Gasteiger charge is -2.43. The van der Waals surface area contributed by atoms with Crippen molar-refractivity contribution in [2.24, 2.45) is 12.5 Å². The highest BCUT2D eigenvalue weighted by atomic mass is 16.4. The fraction of sp³-hybridized carbons (Fsp3) is 0.692. The largest absolute Gasteiger partial charge is 0.480 e. The molecule has 8 heteroatoms. The molecule has 0 bridgehead atoms. The summed E-state index contributed by atoms with van der Waals surface area (Å²) in [5.74, 6) is -0.472. The zero-order valence-electron chi connectivity index (χ0n) is 12.5. The van der Waals surface area contributed by atoms with Gasteiger partial charge in [0.05, 0.1) is 6.54 Å². The van der Waals surface area contributed by atoms with Crippen LogP contribution in [-0.4, -0.2) is 49.4 Å². The van der Waals surface area contributed by atoms with E-state index in [0.717, 1.165) is 12.8 Å². The second-order valence-electron chi connectivity index (χ2n) is 6.02. The minimum atomic E-state index is -0.967. The Balaban J connectivity index is 2.04. The molecule has 1 aliphatic heterocycles. The summed E-state index contributed by atoms with van der Waals surface area (Å²) in [5, 5.41) is 16.2. The van der Waals surface area contributed by atoms with E-state index in [-0.39, 0.29) is 12.6 Å². The van der Waals surface area contributed by atoms with Gasteiger partial charge in [0.25, 0.3) is 0 Å². The van der Waals surface area contributed by atoms with Crippen LogP contribution in [-0.2, 0) is 18.4 Å². The molecule has 1 aromatic rings. The summed E-state index contributed by atoms with van der Waals surface area (Å²) >= 11 is 0. The van der Waals surface area contributed by atoms with Crippen LogP contribution in [0.15, 0.2) is 6.33 Å². The van der Waals surface area contributed by atoms with Crippen molar-refractivity contribution in [3.05, 3.63) is 12.2 Å². The molecule has 2 heterocycles.